The molecule has 21 heavy (non-hydrogen) atoms. The van der Waals surface area contributed by atoms with Crippen LogP contribution in [0.2, 0.25) is 0 Å². The molecular weight excluding hydrogens is 270 g/mol. The minimum absolute atomic E-state index is 0.0843. The number of benzene rings is 1. The van der Waals surface area contributed by atoms with Crippen LogP contribution in [-0.2, 0) is 14.3 Å². The molecule has 1 rings (SSSR count). The van der Waals surface area contributed by atoms with Crippen molar-refractivity contribution in [3.05, 3.63) is 29.8 Å². The van der Waals surface area contributed by atoms with E-state index in [0.717, 1.165) is 5.56 Å². The molecule has 0 aliphatic carbocycles. The van der Waals surface area contributed by atoms with Crippen LogP contribution < -0.4 is 4.74 Å². The second-order valence-corrected chi connectivity index (χ2v) is 5.17. The molecule has 0 unspecified atom stereocenters. The Morgan fingerprint density at radius 3 is 2.38 bits per heavy atom. The van der Waals surface area contributed by atoms with E-state index in [2.05, 4.69) is 0 Å². The van der Waals surface area contributed by atoms with E-state index in [1.54, 1.807) is 7.05 Å². The lowest BCUT2D eigenvalue weighted by atomic mass is 10.2. The van der Waals surface area contributed by atoms with E-state index in [4.69, 9.17) is 9.47 Å². The molecule has 5 nitrogen and oxygen atoms in total. The first-order chi connectivity index (χ1) is 9.90. The lowest BCUT2D eigenvalue weighted by molar-refractivity contribution is -0.152. The van der Waals surface area contributed by atoms with Gasteiger partial charge in [0.1, 0.15) is 5.75 Å². The Bertz CT molecular complexity index is 468. The summed E-state index contributed by atoms with van der Waals surface area (Å²) in [5.41, 5.74) is 1.15. The third-order valence-corrected chi connectivity index (χ3v) is 3.12. The highest BCUT2D eigenvalue weighted by Gasteiger charge is 2.14. The van der Waals surface area contributed by atoms with Crippen molar-refractivity contribution < 1.29 is 19.1 Å². The summed E-state index contributed by atoms with van der Waals surface area (Å²) < 4.78 is 10.3. The Hall–Kier alpha value is -2.04. The van der Waals surface area contributed by atoms with Gasteiger partial charge in [-0.05, 0) is 32.9 Å². The molecule has 0 aliphatic rings. The van der Waals surface area contributed by atoms with Gasteiger partial charge in [-0.15, -0.1) is 0 Å². The van der Waals surface area contributed by atoms with Gasteiger partial charge in [-0.1, -0.05) is 17.7 Å². The van der Waals surface area contributed by atoms with Crippen molar-refractivity contribution in [1.29, 1.82) is 0 Å². The van der Waals surface area contributed by atoms with Gasteiger partial charge < -0.3 is 14.4 Å². The average Bonchev–Trinajstić information content (AvgIpc) is 2.46. The molecule has 0 atom stereocenters. The average molecular weight is 293 g/mol. The third-order valence-electron chi connectivity index (χ3n) is 3.12. The number of hydrogen-bond acceptors (Lipinski definition) is 4. The molecule has 0 aromatic heterocycles. The lowest BCUT2D eigenvalue weighted by Gasteiger charge is -2.21. The fraction of sp³-hybridized carbons (Fsp3) is 0.500. The fourth-order valence-corrected chi connectivity index (χ4v) is 1.49. The molecule has 0 N–H and O–H groups in total. The van der Waals surface area contributed by atoms with E-state index < -0.39 is 5.97 Å². The highest BCUT2D eigenvalue weighted by Crippen LogP contribution is 2.11. The Kier molecular flexibility index (Phi) is 6.72. The third kappa shape index (κ3) is 6.29. The molecule has 0 saturated heterocycles. The van der Waals surface area contributed by atoms with Gasteiger partial charge in [0.25, 0.3) is 5.91 Å². The van der Waals surface area contributed by atoms with E-state index in [0.29, 0.717) is 5.75 Å². The first-order valence-corrected chi connectivity index (χ1v) is 7.01. The number of amides is 1. The van der Waals surface area contributed by atoms with Gasteiger partial charge in [-0.3, -0.25) is 9.59 Å². The van der Waals surface area contributed by atoms with Crippen LogP contribution >= 0.6 is 0 Å². The number of likely N-dealkylation sites (N-methyl/N-ethyl adjacent to an activating group) is 1. The molecule has 5 heteroatoms. The molecule has 0 fully saturated rings. The van der Waals surface area contributed by atoms with Gasteiger partial charge in [0.2, 0.25) is 0 Å². The first kappa shape index (κ1) is 17.0. The molecule has 1 aromatic rings. The molecule has 0 aliphatic heterocycles. The highest BCUT2D eigenvalue weighted by molar-refractivity contribution is 5.80. The van der Waals surface area contributed by atoms with Crippen LogP contribution in [0.5, 0.6) is 5.75 Å². The maximum absolute atomic E-state index is 11.6. The second kappa shape index (κ2) is 8.29. The SMILES string of the molecule is Cc1ccc(OCCC(=O)OCC(=O)N(C)C(C)C)cc1. The number of hydrogen-bond donors (Lipinski definition) is 0. The molecule has 0 saturated carbocycles. The van der Waals surface area contributed by atoms with E-state index in [1.807, 2.05) is 45.0 Å². The van der Waals surface area contributed by atoms with Crippen LogP contribution in [0.25, 0.3) is 0 Å². The quantitative estimate of drug-likeness (QED) is 0.723. The maximum Gasteiger partial charge on any atom is 0.309 e. The number of nitrogens with zero attached hydrogens (tertiary/aromatic N) is 1. The van der Waals surface area contributed by atoms with Gasteiger partial charge in [0.15, 0.2) is 6.61 Å². The van der Waals surface area contributed by atoms with Crippen molar-refractivity contribution in [1.82, 2.24) is 4.90 Å². The topological polar surface area (TPSA) is 55.8 Å². The van der Waals surface area contributed by atoms with E-state index in [-0.39, 0.29) is 31.6 Å². The van der Waals surface area contributed by atoms with Crippen LogP contribution in [0.4, 0.5) is 0 Å². The van der Waals surface area contributed by atoms with Crippen molar-refractivity contribution in [2.45, 2.75) is 33.2 Å². The van der Waals surface area contributed by atoms with Crippen molar-refractivity contribution in [2.75, 3.05) is 20.3 Å². The number of ether oxygens (including phenoxy) is 2. The van der Waals surface area contributed by atoms with E-state index in [1.165, 1.54) is 4.90 Å². The number of esters is 1. The normalized spacial score (nSPS) is 10.3. The van der Waals surface area contributed by atoms with Gasteiger partial charge in [-0.25, -0.2) is 0 Å². The van der Waals surface area contributed by atoms with Gasteiger partial charge in [0.05, 0.1) is 13.0 Å². The second-order valence-electron chi connectivity index (χ2n) is 5.17. The summed E-state index contributed by atoms with van der Waals surface area (Å²) >= 11 is 0. The van der Waals surface area contributed by atoms with Crippen molar-refractivity contribution in [2.24, 2.45) is 0 Å². The molecule has 1 amide bonds. The Balaban J connectivity index is 2.22. The predicted molar refractivity (Wildman–Crippen MR) is 80.2 cm³/mol. The van der Waals surface area contributed by atoms with Gasteiger partial charge >= 0.3 is 5.97 Å². The van der Waals surface area contributed by atoms with Crippen LogP contribution in [0.3, 0.4) is 0 Å². The van der Waals surface area contributed by atoms with Gasteiger partial charge in [0, 0.05) is 13.1 Å². The molecule has 0 heterocycles. The summed E-state index contributed by atoms with van der Waals surface area (Å²) in [5.74, 6) is 0.0643. The zero-order valence-corrected chi connectivity index (χ0v) is 13.1. The standard InChI is InChI=1S/C16H23NO4/c1-12(2)17(4)15(18)11-21-16(19)9-10-20-14-7-5-13(3)6-8-14/h5-8,12H,9-11H2,1-4H3. The monoisotopic (exact) mass is 293 g/mol. The fourth-order valence-electron chi connectivity index (χ4n) is 1.49. The number of aryl methyl sites for hydroxylation is 1. The molecule has 116 valence electrons. The molecule has 1 aromatic carbocycles. The summed E-state index contributed by atoms with van der Waals surface area (Å²) in [5, 5.41) is 0. The smallest absolute Gasteiger partial charge is 0.309 e. The number of carbonyl (C=O) groups excluding carboxylic acids is 2. The van der Waals surface area contributed by atoms with Crippen LogP contribution in [0.1, 0.15) is 25.8 Å². The minimum Gasteiger partial charge on any atom is -0.493 e. The summed E-state index contributed by atoms with van der Waals surface area (Å²) in [7, 11) is 1.68. The van der Waals surface area contributed by atoms with Gasteiger partial charge in [-0.2, -0.15) is 0 Å². The largest absolute Gasteiger partial charge is 0.493 e. The van der Waals surface area contributed by atoms with E-state index in [9.17, 15) is 9.59 Å². The van der Waals surface area contributed by atoms with Crippen LogP contribution in [-0.4, -0.2) is 43.1 Å². The zero-order valence-electron chi connectivity index (χ0n) is 13.1. The maximum atomic E-state index is 11.6. The molecule has 0 spiro atoms. The Labute approximate surface area is 125 Å². The van der Waals surface area contributed by atoms with Crippen LogP contribution in [0.15, 0.2) is 24.3 Å². The summed E-state index contributed by atoms with van der Waals surface area (Å²) in [6.07, 6.45) is 0.118. The first-order valence-electron chi connectivity index (χ1n) is 7.01. The molecule has 0 radical (unpaired) electrons. The highest BCUT2D eigenvalue weighted by atomic mass is 16.5. The Morgan fingerprint density at radius 1 is 1.19 bits per heavy atom. The van der Waals surface area contributed by atoms with E-state index >= 15 is 0 Å². The summed E-state index contributed by atoms with van der Waals surface area (Å²) in [6, 6.07) is 7.66. The predicted octanol–water partition coefficient (Wildman–Crippen LogP) is 2.17. The number of rotatable bonds is 7. The zero-order chi connectivity index (χ0) is 15.8. The molecular formula is C16H23NO4. The lowest BCUT2D eigenvalue weighted by Crippen LogP contribution is -2.36. The summed E-state index contributed by atoms with van der Waals surface area (Å²) in [6.45, 7) is 5.80. The van der Waals surface area contributed by atoms with Crippen LogP contribution in [0, 0.1) is 6.92 Å². The van der Waals surface area contributed by atoms with Crippen molar-refractivity contribution in [3.8, 4) is 5.75 Å². The summed E-state index contributed by atoms with van der Waals surface area (Å²) in [4.78, 5) is 24.7. The Morgan fingerprint density at radius 2 is 1.81 bits per heavy atom. The molecule has 0 bridgehead atoms. The van der Waals surface area contributed by atoms with Crippen molar-refractivity contribution in [3.63, 3.8) is 0 Å². The number of carbonyl (C=O) groups is 2. The van der Waals surface area contributed by atoms with Crippen molar-refractivity contribution >= 4 is 11.9 Å². The minimum atomic E-state index is -0.437.